The highest BCUT2D eigenvalue weighted by molar-refractivity contribution is 5.98. The zero-order valence-electron chi connectivity index (χ0n) is 16.1. The molecule has 3 aliphatic rings. The number of piperidine rings is 1. The Morgan fingerprint density at radius 3 is 2.37 bits per heavy atom. The van der Waals surface area contributed by atoms with Crippen LogP contribution in [0, 0.1) is 23.7 Å². The second-order valence-electron chi connectivity index (χ2n) is 8.75. The molecule has 1 aromatic carbocycles. The lowest BCUT2D eigenvalue weighted by Crippen LogP contribution is -2.50. The fourth-order valence-electron chi connectivity index (χ4n) is 5.51. The lowest BCUT2D eigenvalue weighted by atomic mass is 9.84. The van der Waals surface area contributed by atoms with Gasteiger partial charge in [0.25, 0.3) is 0 Å². The van der Waals surface area contributed by atoms with Crippen LogP contribution in [0.25, 0.3) is 0 Å². The summed E-state index contributed by atoms with van der Waals surface area (Å²) in [6.45, 7) is 3.41. The van der Waals surface area contributed by atoms with Crippen molar-refractivity contribution in [3.05, 3.63) is 29.8 Å². The second kappa shape index (κ2) is 7.53. The molecule has 2 N–H and O–H groups in total. The van der Waals surface area contributed by atoms with Gasteiger partial charge in [0.05, 0.1) is 0 Å². The zero-order valence-corrected chi connectivity index (χ0v) is 16.1. The number of urea groups is 1. The van der Waals surface area contributed by atoms with Crippen molar-refractivity contribution in [1.82, 2.24) is 10.2 Å². The summed E-state index contributed by atoms with van der Waals surface area (Å²) in [5.74, 6) is 2.58. The lowest BCUT2D eigenvalue weighted by molar-refractivity contribution is 0.0851. The van der Waals surface area contributed by atoms with Crippen LogP contribution >= 0.6 is 0 Å². The van der Waals surface area contributed by atoms with Crippen molar-refractivity contribution in [3.63, 3.8) is 0 Å². The number of rotatable bonds is 4. The minimum absolute atomic E-state index is 0.0285. The van der Waals surface area contributed by atoms with Gasteiger partial charge >= 0.3 is 6.03 Å². The SMILES string of the molecule is C[C@@H](NC(=O)N1CCC(C(=O)c2ccc(O)cc2)CC1)[C@H]1C[C@H]2CC[C@H]1C2. The molecule has 3 fully saturated rings. The van der Waals surface area contributed by atoms with Gasteiger partial charge in [-0.25, -0.2) is 4.79 Å². The molecule has 2 amide bonds. The van der Waals surface area contributed by atoms with Crippen molar-refractivity contribution in [2.24, 2.45) is 23.7 Å². The van der Waals surface area contributed by atoms with E-state index in [4.69, 9.17) is 0 Å². The molecule has 1 heterocycles. The van der Waals surface area contributed by atoms with Gasteiger partial charge in [-0.15, -0.1) is 0 Å². The molecule has 2 aliphatic carbocycles. The normalized spacial score (nSPS) is 28.9. The summed E-state index contributed by atoms with van der Waals surface area (Å²) in [6, 6.07) is 6.71. The number of phenolic OH excluding ortho intramolecular Hbond substituents is 1. The van der Waals surface area contributed by atoms with E-state index in [-0.39, 0.29) is 29.5 Å². The molecular weight excluding hydrogens is 340 g/mol. The quantitative estimate of drug-likeness (QED) is 0.792. The Kier molecular flexibility index (Phi) is 5.11. The largest absolute Gasteiger partial charge is 0.508 e. The summed E-state index contributed by atoms with van der Waals surface area (Å²) >= 11 is 0. The number of fused-ring (bicyclic) bond motifs is 2. The number of hydrogen-bond acceptors (Lipinski definition) is 3. The molecule has 2 bridgehead atoms. The van der Waals surface area contributed by atoms with Gasteiger partial charge in [-0.05, 0) is 81.0 Å². The van der Waals surface area contributed by atoms with E-state index in [9.17, 15) is 14.7 Å². The standard InChI is InChI=1S/C22H30N2O3/c1-14(20-13-15-2-3-18(20)12-15)23-22(27)24-10-8-17(9-11-24)21(26)16-4-6-19(25)7-5-16/h4-7,14-15,17-18,20,25H,2-3,8-13H2,1H3,(H,23,27)/t14-,15+,18+,20-/m1/s1. The maximum atomic E-state index is 12.7. The first-order valence-corrected chi connectivity index (χ1v) is 10.4. The van der Waals surface area contributed by atoms with Gasteiger partial charge in [-0.2, -0.15) is 0 Å². The van der Waals surface area contributed by atoms with Crippen molar-refractivity contribution in [2.45, 2.75) is 51.5 Å². The minimum Gasteiger partial charge on any atom is -0.508 e. The van der Waals surface area contributed by atoms with Crippen LogP contribution in [0.15, 0.2) is 24.3 Å². The van der Waals surface area contributed by atoms with E-state index < -0.39 is 0 Å². The lowest BCUT2D eigenvalue weighted by Gasteiger charge is -2.34. The zero-order chi connectivity index (χ0) is 19.0. The maximum Gasteiger partial charge on any atom is 0.317 e. The van der Waals surface area contributed by atoms with Crippen molar-refractivity contribution in [1.29, 1.82) is 0 Å². The molecule has 4 atom stereocenters. The Hall–Kier alpha value is -2.04. The molecule has 0 radical (unpaired) electrons. The van der Waals surface area contributed by atoms with Gasteiger partial charge in [0.2, 0.25) is 0 Å². The fourth-order valence-corrected chi connectivity index (χ4v) is 5.51. The maximum absolute atomic E-state index is 12.7. The predicted octanol–water partition coefficient (Wildman–Crippen LogP) is 3.82. The topological polar surface area (TPSA) is 69.6 Å². The molecule has 4 rings (SSSR count). The number of likely N-dealkylation sites (tertiary alicyclic amines) is 1. The third-order valence-electron chi connectivity index (χ3n) is 7.09. The Balaban J connectivity index is 1.26. The minimum atomic E-state index is -0.0402. The average molecular weight is 370 g/mol. The number of aromatic hydroxyl groups is 1. The number of phenols is 1. The molecule has 2 saturated carbocycles. The summed E-state index contributed by atoms with van der Waals surface area (Å²) < 4.78 is 0. The van der Waals surface area contributed by atoms with E-state index in [0.717, 1.165) is 11.8 Å². The van der Waals surface area contributed by atoms with Crippen LogP contribution in [0.5, 0.6) is 5.75 Å². The number of ketones is 1. The van der Waals surface area contributed by atoms with Gasteiger partial charge < -0.3 is 15.3 Å². The van der Waals surface area contributed by atoms with Gasteiger partial charge in [-0.1, -0.05) is 6.42 Å². The summed E-state index contributed by atoms with van der Waals surface area (Å²) in [5, 5.41) is 12.6. The molecule has 5 nitrogen and oxygen atoms in total. The summed E-state index contributed by atoms with van der Waals surface area (Å²) in [5.41, 5.74) is 0.639. The van der Waals surface area contributed by atoms with E-state index in [2.05, 4.69) is 12.2 Å². The molecule has 0 spiro atoms. The number of benzene rings is 1. The van der Waals surface area contributed by atoms with Crippen LogP contribution in [-0.2, 0) is 0 Å². The third kappa shape index (κ3) is 3.83. The van der Waals surface area contributed by atoms with Crippen molar-refractivity contribution in [2.75, 3.05) is 13.1 Å². The first-order valence-electron chi connectivity index (χ1n) is 10.4. The number of hydrogen-bond donors (Lipinski definition) is 2. The number of nitrogens with one attached hydrogen (secondary N) is 1. The number of carbonyl (C=O) groups is 2. The van der Waals surface area contributed by atoms with Crippen molar-refractivity contribution in [3.8, 4) is 5.75 Å². The highest BCUT2D eigenvalue weighted by Crippen LogP contribution is 2.49. The molecule has 1 aliphatic heterocycles. The predicted molar refractivity (Wildman–Crippen MR) is 104 cm³/mol. The van der Waals surface area contributed by atoms with Gasteiger partial charge in [0.1, 0.15) is 5.75 Å². The third-order valence-corrected chi connectivity index (χ3v) is 7.09. The molecule has 5 heteroatoms. The molecule has 146 valence electrons. The molecular formula is C22H30N2O3. The number of nitrogens with zero attached hydrogens (tertiary/aromatic N) is 1. The smallest absolute Gasteiger partial charge is 0.317 e. The van der Waals surface area contributed by atoms with E-state index in [1.54, 1.807) is 24.3 Å². The highest BCUT2D eigenvalue weighted by Gasteiger charge is 2.42. The van der Waals surface area contributed by atoms with Crippen LogP contribution in [0.2, 0.25) is 0 Å². The summed E-state index contributed by atoms with van der Waals surface area (Å²) in [7, 11) is 0. The van der Waals surface area contributed by atoms with Crippen LogP contribution in [-0.4, -0.2) is 41.0 Å². The number of carbonyl (C=O) groups excluding carboxylic acids is 2. The summed E-state index contributed by atoms with van der Waals surface area (Å²) in [4.78, 5) is 27.1. The van der Waals surface area contributed by atoms with Crippen LogP contribution in [0.3, 0.4) is 0 Å². The Bertz CT molecular complexity index is 694. The molecule has 1 saturated heterocycles. The van der Waals surface area contributed by atoms with E-state index in [1.807, 2.05) is 4.90 Å². The van der Waals surface area contributed by atoms with Crippen LogP contribution < -0.4 is 5.32 Å². The molecule has 0 unspecified atom stereocenters. The monoisotopic (exact) mass is 370 g/mol. The van der Waals surface area contributed by atoms with E-state index in [1.165, 1.54) is 25.7 Å². The molecule has 0 aromatic heterocycles. The van der Waals surface area contributed by atoms with Gasteiger partial charge in [0.15, 0.2) is 5.78 Å². The molecule has 1 aromatic rings. The number of amides is 2. The van der Waals surface area contributed by atoms with Crippen molar-refractivity contribution >= 4 is 11.8 Å². The highest BCUT2D eigenvalue weighted by atomic mass is 16.3. The van der Waals surface area contributed by atoms with Gasteiger partial charge in [-0.3, -0.25) is 4.79 Å². The first-order chi connectivity index (χ1) is 13.0. The van der Waals surface area contributed by atoms with E-state index >= 15 is 0 Å². The Morgan fingerprint density at radius 1 is 1.07 bits per heavy atom. The Labute approximate surface area is 161 Å². The van der Waals surface area contributed by atoms with Gasteiger partial charge in [0, 0.05) is 30.6 Å². The van der Waals surface area contributed by atoms with Crippen molar-refractivity contribution < 1.29 is 14.7 Å². The Morgan fingerprint density at radius 2 is 1.78 bits per heavy atom. The second-order valence-corrected chi connectivity index (χ2v) is 8.75. The number of Topliss-reactive ketones (excluding diaryl/α,β-unsaturated/α-hetero) is 1. The van der Waals surface area contributed by atoms with E-state index in [0.29, 0.717) is 37.4 Å². The van der Waals surface area contributed by atoms with Crippen LogP contribution in [0.4, 0.5) is 4.79 Å². The molecule has 27 heavy (non-hydrogen) atoms. The first kappa shape index (κ1) is 18.3. The van der Waals surface area contributed by atoms with Crippen LogP contribution in [0.1, 0.15) is 55.8 Å². The summed E-state index contributed by atoms with van der Waals surface area (Å²) in [6.07, 6.45) is 6.75. The average Bonchev–Trinajstić information content (AvgIpc) is 3.32. The fraction of sp³-hybridized carbons (Fsp3) is 0.636.